The van der Waals surface area contributed by atoms with E-state index in [0.29, 0.717) is 10.2 Å². The van der Waals surface area contributed by atoms with Crippen LogP contribution in [0, 0.1) is 5.82 Å². The van der Waals surface area contributed by atoms with Crippen LogP contribution in [0.3, 0.4) is 0 Å². The van der Waals surface area contributed by atoms with Crippen molar-refractivity contribution in [2.45, 2.75) is 0 Å². The quantitative estimate of drug-likeness (QED) is 0.616. The number of halogens is 2. The normalized spacial score (nSPS) is 10.7. The largest absolute Gasteiger partial charge is 0.403 e. The molecule has 70 valence electrons. The minimum absolute atomic E-state index is 0.348. The Bertz CT molecular complexity index is 327. The highest BCUT2D eigenvalue weighted by atomic mass is 79.9. The smallest absolute Gasteiger partial charge is 0.125 e. The fourth-order valence-corrected chi connectivity index (χ4v) is 1.31. The number of nitrogens with zero attached hydrogens (tertiary/aromatic N) is 1. The summed E-state index contributed by atoms with van der Waals surface area (Å²) in [6, 6.07) is 4.23. The average Bonchev–Trinajstić information content (AvgIpc) is 2.09. The van der Waals surface area contributed by atoms with Gasteiger partial charge in [0.25, 0.3) is 0 Å². The van der Waals surface area contributed by atoms with Gasteiger partial charge in [0.2, 0.25) is 0 Å². The third kappa shape index (κ3) is 2.43. The van der Waals surface area contributed by atoms with Crippen molar-refractivity contribution in [1.82, 2.24) is 0 Å². The second-order valence-corrected chi connectivity index (χ2v) is 3.20. The molecule has 3 nitrogen and oxygen atoms in total. The fraction of sp³-hybridized carbons (Fsp3) is 0. The molecule has 0 fully saturated rings. The Morgan fingerprint density at radius 3 is 2.77 bits per heavy atom. The third-order valence-electron chi connectivity index (χ3n) is 1.43. The molecule has 0 saturated carbocycles. The molecule has 1 aromatic carbocycles. The van der Waals surface area contributed by atoms with Gasteiger partial charge in [-0.05, 0) is 28.1 Å². The molecule has 1 rings (SSSR count). The predicted molar refractivity (Wildman–Crippen MR) is 54.1 cm³/mol. The van der Waals surface area contributed by atoms with E-state index in [1.165, 1.54) is 29.5 Å². The molecule has 0 saturated heterocycles. The van der Waals surface area contributed by atoms with Crippen molar-refractivity contribution >= 4 is 21.6 Å². The summed E-state index contributed by atoms with van der Waals surface area (Å²) < 4.78 is 13.5. The Balaban J connectivity index is 3.05. The van der Waals surface area contributed by atoms with Gasteiger partial charge in [-0.2, -0.15) is 0 Å². The molecule has 0 spiro atoms. The predicted octanol–water partition coefficient (Wildman–Crippen LogP) is 1.70. The second kappa shape index (κ2) is 4.25. The molecule has 13 heavy (non-hydrogen) atoms. The summed E-state index contributed by atoms with van der Waals surface area (Å²) in [6.07, 6.45) is 2.71. The van der Waals surface area contributed by atoms with Gasteiger partial charge in [-0.15, -0.1) is 0 Å². The molecular weight excluding hydrogens is 237 g/mol. The molecule has 0 unspecified atom stereocenters. The van der Waals surface area contributed by atoms with Crippen LogP contribution in [0.2, 0.25) is 0 Å². The first-order valence-corrected chi connectivity index (χ1v) is 4.32. The van der Waals surface area contributed by atoms with Gasteiger partial charge in [-0.1, -0.05) is 0 Å². The first-order chi connectivity index (χ1) is 6.15. The number of hydrogen-bond donors (Lipinski definition) is 2. The zero-order valence-electron chi connectivity index (χ0n) is 6.74. The van der Waals surface area contributed by atoms with E-state index in [4.69, 9.17) is 11.6 Å². The molecule has 1 aromatic rings. The molecule has 0 bridgehead atoms. The molecule has 0 aliphatic rings. The topological polar surface area (TPSA) is 55.3 Å². The van der Waals surface area contributed by atoms with Crippen LogP contribution < -0.4 is 16.6 Å². The van der Waals surface area contributed by atoms with Crippen LogP contribution in [0.25, 0.3) is 0 Å². The van der Waals surface area contributed by atoms with Crippen molar-refractivity contribution in [2.24, 2.45) is 11.6 Å². The standard InChI is InChI=1S/C8H9BrFN3/c9-7-2-1-6(10)5-8(7)13(12)4-3-11/h1-5H,11-12H2/b4-3-. The number of hydrogen-bond acceptors (Lipinski definition) is 3. The molecule has 0 amide bonds. The Morgan fingerprint density at radius 2 is 2.15 bits per heavy atom. The van der Waals surface area contributed by atoms with Gasteiger partial charge in [-0.25, -0.2) is 10.2 Å². The molecule has 5 heteroatoms. The van der Waals surface area contributed by atoms with Crippen molar-refractivity contribution in [1.29, 1.82) is 0 Å². The van der Waals surface area contributed by atoms with E-state index in [2.05, 4.69) is 15.9 Å². The molecular formula is C8H9BrFN3. The van der Waals surface area contributed by atoms with E-state index in [-0.39, 0.29) is 5.82 Å². The maximum atomic E-state index is 12.8. The first kappa shape index (κ1) is 10.0. The van der Waals surface area contributed by atoms with Crippen molar-refractivity contribution < 1.29 is 4.39 Å². The van der Waals surface area contributed by atoms with Gasteiger partial charge < -0.3 is 5.73 Å². The fourth-order valence-electron chi connectivity index (χ4n) is 0.857. The highest BCUT2D eigenvalue weighted by Gasteiger charge is 2.04. The zero-order chi connectivity index (χ0) is 9.84. The Kier molecular flexibility index (Phi) is 3.27. The maximum absolute atomic E-state index is 12.8. The maximum Gasteiger partial charge on any atom is 0.125 e. The van der Waals surface area contributed by atoms with Gasteiger partial charge in [0.1, 0.15) is 5.82 Å². The van der Waals surface area contributed by atoms with Crippen molar-refractivity contribution in [3.05, 3.63) is 40.9 Å². The summed E-state index contributed by atoms with van der Waals surface area (Å²) in [5.74, 6) is 5.20. The van der Waals surface area contributed by atoms with Crippen LogP contribution >= 0.6 is 15.9 Å². The van der Waals surface area contributed by atoms with Crippen molar-refractivity contribution in [2.75, 3.05) is 5.01 Å². The number of nitrogens with two attached hydrogens (primary N) is 2. The molecule has 0 aromatic heterocycles. The average molecular weight is 246 g/mol. The SMILES string of the molecule is N/C=C\N(N)c1cc(F)ccc1Br. The summed E-state index contributed by atoms with van der Waals surface area (Å²) in [6.45, 7) is 0. The monoisotopic (exact) mass is 245 g/mol. The number of anilines is 1. The molecule has 0 aliphatic heterocycles. The number of benzene rings is 1. The number of hydrazine groups is 1. The summed E-state index contributed by atoms with van der Waals surface area (Å²) in [7, 11) is 0. The number of rotatable bonds is 2. The minimum Gasteiger partial charge on any atom is -0.403 e. The van der Waals surface area contributed by atoms with Gasteiger partial charge in [0, 0.05) is 22.9 Å². The van der Waals surface area contributed by atoms with Gasteiger partial charge >= 0.3 is 0 Å². The van der Waals surface area contributed by atoms with E-state index in [0.717, 1.165) is 0 Å². The lowest BCUT2D eigenvalue weighted by Gasteiger charge is -2.14. The molecule has 4 N–H and O–H groups in total. The van der Waals surface area contributed by atoms with Crippen LogP contribution in [0.5, 0.6) is 0 Å². The highest BCUT2D eigenvalue weighted by molar-refractivity contribution is 9.10. The third-order valence-corrected chi connectivity index (χ3v) is 2.10. The lowest BCUT2D eigenvalue weighted by Crippen LogP contribution is -2.24. The zero-order valence-corrected chi connectivity index (χ0v) is 8.33. The van der Waals surface area contributed by atoms with Crippen LogP contribution in [0.1, 0.15) is 0 Å². The Morgan fingerprint density at radius 1 is 1.46 bits per heavy atom. The van der Waals surface area contributed by atoms with Crippen LogP contribution in [0.15, 0.2) is 35.1 Å². The Hall–Kier alpha value is -1.07. The molecule has 0 radical (unpaired) electrons. The van der Waals surface area contributed by atoms with E-state index in [1.807, 2.05) is 0 Å². The molecule has 0 aliphatic carbocycles. The highest BCUT2D eigenvalue weighted by Crippen LogP contribution is 2.25. The van der Waals surface area contributed by atoms with Gasteiger partial charge in [-0.3, -0.25) is 5.01 Å². The lowest BCUT2D eigenvalue weighted by molar-refractivity contribution is 0.627. The van der Waals surface area contributed by atoms with Crippen molar-refractivity contribution in [3.63, 3.8) is 0 Å². The summed E-state index contributed by atoms with van der Waals surface area (Å²) in [5.41, 5.74) is 5.66. The van der Waals surface area contributed by atoms with Crippen LogP contribution in [-0.4, -0.2) is 0 Å². The molecule has 0 atom stereocenters. The Labute approximate surface area is 83.9 Å². The van der Waals surface area contributed by atoms with E-state index in [9.17, 15) is 4.39 Å². The molecule has 0 heterocycles. The van der Waals surface area contributed by atoms with Crippen LogP contribution in [0.4, 0.5) is 10.1 Å². The van der Waals surface area contributed by atoms with E-state index >= 15 is 0 Å². The summed E-state index contributed by atoms with van der Waals surface area (Å²) in [5, 5.41) is 1.23. The van der Waals surface area contributed by atoms with Gasteiger partial charge in [0.05, 0.1) is 5.69 Å². The van der Waals surface area contributed by atoms with Crippen LogP contribution in [-0.2, 0) is 0 Å². The second-order valence-electron chi connectivity index (χ2n) is 2.34. The lowest BCUT2D eigenvalue weighted by atomic mass is 10.3. The minimum atomic E-state index is -0.348. The van der Waals surface area contributed by atoms with Crippen molar-refractivity contribution in [3.8, 4) is 0 Å². The van der Waals surface area contributed by atoms with E-state index < -0.39 is 0 Å². The van der Waals surface area contributed by atoms with Gasteiger partial charge in [0.15, 0.2) is 0 Å². The summed E-state index contributed by atoms with van der Waals surface area (Å²) >= 11 is 3.24. The first-order valence-electron chi connectivity index (χ1n) is 3.52. The summed E-state index contributed by atoms with van der Waals surface area (Å²) in [4.78, 5) is 0. The van der Waals surface area contributed by atoms with E-state index in [1.54, 1.807) is 6.07 Å².